The fourth-order valence-electron chi connectivity index (χ4n) is 2.71. The summed E-state index contributed by atoms with van der Waals surface area (Å²) < 4.78 is 57.7. The highest BCUT2D eigenvalue weighted by atomic mass is 32.2. The molecule has 23 heavy (non-hydrogen) atoms. The summed E-state index contributed by atoms with van der Waals surface area (Å²) in [5, 5.41) is 9.66. The van der Waals surface area contributed by atoms with Crippen molar-refractivity contribution in [1.29, 1.82) is 0 Å². The summed E-state index contributed by atoms with van der Waals surface area (Å²) in [5.41, 5.74) is -1.62. The number of amides is 1. The Labute approximate surface area is 136 Å². The SMILES string of the molecule is C[C@]1(NC(=O)CC[N+](C)(C)CCO)CS(=O)(=O)C[C@@H]1S(=O)(=O)[O-]. The van der Waals surface area contributed by atoms with Crippen molar-refractivity contribution >= 4 is 25.9 Å². The molecule has 9 nitrogen and oxygen atoms in total. The maximum Gasteiger partial charge on any atom is 0.226 e. The second kappa shape index (κ2) is 6.63. The van der Waals surface area contributed by atoms with Crippen LogP contribution in [0.25, 0.3) is 0 Å². The van der Waals surface area contributed by atoms with Crippen LogP contribution in [-0.4, -0.2) is 93.0 Å². The molecule has 0 aromatic rings. The van der Waals surface area contributed by atoms with Crippen molar-refractivity contribution in [3.8, 4) is 0 Å². The zero-order valence-corrected chi connectivity index (χ0v) is 15.1. The van der Waals surface area contributed by atoms with E-state index in [1.165, 1.54) is 6.92 Å². The number of likely N-dealkylation sites (N-methyl/N-ethyl adjacent to an activating group) is 1. The Balaban J connectivity index is 2.82. The van der Waals surface area contributed by atoms with Gasteiger partial charge in [-0.05, 0) is 6.92 Å². The lowest BCUT2D eigenvalue weighted by Gasteiger charge is -2.33. The molecule has 1 fully saturated rings. The number of quaternary nitrogens is 1. The number of carbonyl (C=O) groups is 1. The van der Waals surface area contributed by atoms with Crippen LogP contribution in [0.1, 0.15) is 13.3 Å². The van der Waals surface area contributed by atoms with E-state index >= 15 is 0 Å². The third-order valence-electron chi connectivity index (χ3n) is 4.06. The number of sulfone groups is 1. The first-order chi connectivity index (χ1) is 10.2. The predicted octanol–water partition coefficient (Wildman–Crippen LogP) is -2.34. The van der Waals surface area contributed by atoms with Crippen LogP contribution in [0.5, 0.6) is 0 Å². The third-order valence-corrected chi connectivity index (χ3v) is 7.53. The lowest BCUT2D eigenvalue weighted by molar-refractivity contribution is -0.890. The predicted molar refractivity (Wildman–Crippen MR) is 82.2 cm³/mol. The Kier molecular flexibility index (Phi) is 5.85. The molecule has 0 unspecified atom stereocenters. The van der Waals surface area contributed by atoms with Gasteiger partial charge in [0.1, 0.15) is 16.7 Å². The van der Waals surface area contributed by atoms with Gasteiger partial charge in [-0.1, -0.05) is 0 Å². The van der Waals surface area contributed by atoms with E-state index < -0.39 is 48.2 Å². The number of rotatable bonds is 7. The Hall–Kier alpha value is -0.750. The molecule has 0 aromatic heterocycles. The van der Waals surface area contributed by atoms with E-state index in [4.69, 9.17) is 5.11 Å². The molecule has 2 atom stereocenters. The summed E-state index contributed by atoms with van der Waals surface area (Å²) in [6.07, 6.45) is 0.0221. The second-order valence-corrected chi connectivity index (χ2v) is 10.5. The Bertz CT molecular complexity index is 657. The molecule has 2 N–H and O–H groups in total. The van der Waals surface area contributed by atoms with E-state index in [-0.39, 0.29) is 13.0 Å². The maximum atomic E-state index is 12.1. The van der Waals surface area contributed by atoms with E-state index in [1.54, 1.807) is 0 Å². The van der Waals surface area contributed by atoms with Gasteiger partial charge in [0.15, 0.2) is 9.84 Å². The second-order valence-electron chi connectivity index (χ2n) is 6.86. The van der Waals surface area contributed by atoms with Gasteiger partial charge in [-0.3, -0.25) is 4.79 Å². The lowest BCUT2D eigenvalue weighted by atomic mass is 10.0. The monoisotopic (exact) mass is 372 g/mol. The first-order valence-corrected chi connectivity index (χ1v) is 10.4. The minimum Gasteiger partial charge on any atom is -0.748 e. The van der Waals surface area contributed by atoms with Gasteiger partial charge in [-0.25, -0.2) is 16.8 Å². The van der Waals surface area contributed by atoms with Crippen LogP contribution in [0, 0.1) is 0 Å². The molecule has 1 heterocycles. The van der Waals surface area contributed by atoms with Crippen molar-refractivity contribution in [3.63, 3.8) is 0 Å². The molecule has 1 amide bonds. The molecular formula is C12H24N2O7S2. The van der Waals surface area contributed by atoms with Gasteiger partial charge in [-0.2, -0.15) is 0 Å². The molecule has 0 saturated carbocycles. The zero-order valence-electron chi connectivity index (χ0n) is 13.5. The molecule has 1 saturated heterocycles. The Morgan fingerprint density at radius 2 is 1.96 bits per heavy atom. The van der Waals surface area contributed by atoms with Crippen LogP contribution < -0.4 is 5.32 Å². The normalized spacial score (nSPS) is 27.8. The summed E-state index contributed by atoms with van der Waals surface area (Å²) in [6, 6.07) is 0. The average molecular weight is 372 g/mol. The van der Waals surface area contributed by atoms with Crippen molar-refractivity contribution in [2.75, 3.05) is 45.3 Å². The first kappa shape index (κ1) is 20.3. The minimum atomic E-state index is -4.86. The standard InChI is InChI=1S/C12H24N2O7S2/c1-12(9-22(17,18)8-10(12)23(19,20)21)13-11(16)4-5-14(2,3)6-7-15/h10,15H,4-9H2,1-3H3,(H-,13,16,19,20,21)/t10-,12-/m0/s1. The maximum absolute atomic E-state index is 12.1. The smallest absolute Gasteiger partial charge is 0.226 e. The largest absolute Gasteiger partial charge is 0.748 e. The summed E-state index contributed by atoms with van der Waals surface area (Å²) in [6.45, 7) is 2.05. The van der Waals surface area contributed by atoms with Crippen molar-refractivity contribution in [3.05, 3.63) is 0 Å². The van der Waals surface area contributed by atoms with E-state index in [0.717, 1.165) is 0 Å². The van der Waals surface area contributed by atoms with Crippen molar-refractivity contribution < 1.29 is 35.8 Å². The van der Waals surface area contributed by atoms with Crippen LogP contribution in [0.4, 0.5) is 0 Å². The van der Waals surface area contributed by atoms with Crippen molar-refractivity contribution in [2.24, 2.45) is 0 Å². The third kappa shape index (κ3) is 5.68. The van der Waals surface area contributed by atoms with Gasteiger partial charge < -0.3 is 19.5 Å². The van der Waals surface area contributed by atoms with Gasteiger partial charge in [0.05, 0.1) is 56.0 Å². The van der Waals surface area contributed by atoms with Gasteiger partial charge in [-0.15, -0.1) is 0 Å². The molecule has 1 rings (SSSR count). The lowest BCUT2D eigenvalue weighted by Crippen LogP contribution is -2.57. The fourth-order valence-corrected chi connectivity index (χ4v) is 7.02. The molecule has 11 heteroatoms. The topological polar surface area (TPSA) is 141 Å². The van der Waals surface area contributed by atoms with Crippen LogP contribution >= 0.6 is 0 Å². The highest BCUT2D eigenvalue weighted by Crippen LogP contribution is 2.28. The highest BCUT2D eigenvalue weighted by molar-refractivity contribution is 7.94. The molecule has 0 aliphatic carbocycles. The first-order valence-electron chi connectivity index (χ1n) is 7.10. The highest BCUT2D eigenvalue weighted by Gasteiger charge is 2.51. The van der Waals surface area contributed by atoms with Crippen molar-refractivity contribution in [1.82, 2.24) is 5.32 Å². The minimum absolute atomic E-state index is 0.0221. The summed E-state index contributed by atoms with van der Waals surface area (Å²) in [5.74, 6) is -1.88. The zero-order chi connectivity index (χ0) is 18.1. The molecule has 1 aliphatic heterocycles. The Morgan fingerprint density at radius 1 is 1.39 bits per heavy atom. The van der Waals surface area contributed by atoms with E-state index in [9.17, 15) is 26.2 Å². The number of nitrogens with zero attached hydrogens (tertiary/aromatic N) is 1. The van der Waals surface area contributed by atoms with E-state index in [1.807, 2.05) is 14.1 Å². The van der Waals surface area contributed by atoms with Gasteiger partial charge >= 0.3 is 0 Å². The summed E-state index contributed by atoms with van der Waals surface area (Å²) in [7, 11) is -4.94. The number of carbonyl (C=O) groups excluding carboxylic acids is 1. The molecule has 0 bridgehead atoms. The molecule has 0 spiro atoms. The van der Waals surface area contributed by atoms with Crippen LogP contribution in [0.2, 0.25) is 0 Å². The quantitative estimate of drug-likeness (QED) is 0.377. The van der Waals surface area contributed by atoms with Crippen molar-refractivity contribution in [2.45, 2.75) is 24.1 Å². The van der Waals surface area contributed by atoms with Crippen LogP contribution in [0.15, 0.2) is 0 Å². The van der Waals surface area contributed by atoms with E-state index in [2.05, 4.69) is 5.32 Å². The number of aliphatic hydroxyl groups excluding tert-OH is 1. The van der Waals surface area contributed by atoms with E-state index in [0.29, 0.717) is 17.6 Å². The molecular weight excluding hydrogens is 348 g/mol. The molecule has 0 radical (unpaired) electrons. The number of hydrogen-bond donors (Lipinski definition) is 2. The van der Waals surface area contributed by atoms with Gasteiger partial charge in [0.25, 0.3) is 0 Å². The average Bonchev–Trinajstić information content (AvgIpc) is 2.56. The number of aliphatic hydroxyl groups is 1. The summed E-state index contributed by atoms with van der Waals surface area (Å²) in [4.78, 5) is 12.1. The van der Waals surface area contributed by atoms with Crippen LogP contribution in [-0.2, 0) is 24.7 Å². The molecule has 136 valence electrons. The molecule has 1 aliphatic rings. The van der Waals surface area contributed by atoms with Gasteiger partial charge in [0.2, 0.25) is 5.91 Å². The fraction of sp³-hybridized carbons (Fsp3) is 0.917. The Morgan fingerprint density at radius 3 is 2.43 bits per heavy atom. The molecule has 0 aromatic carbocycles. The van der Waals surface area contributed by atoms with Gasteiger partial charge in [0, 0.05) is 0 Å². The van der Waals surface area contributed by atoms with Crippen LogP contribution in [0.3, 0.4) is 0 Å². The number of nitrogens with one attached hydrogen (secondary N) is 1. The number of hydrogen-bond acceptors (Lipinski definition) is 7. The summed E-state index contributed by atoms with van der Waals surface area (Å²) >= 11 is 0.